The molecule has 0 atom stereocenters. The van der Waals surface area contributed by atoms with Gasteiger partial charge >= 0.3 is 0 Å². The monoisotopic (exact) mass is 240 g/mol. The van der Waals surface area contributed by atoms with Crippen LogP contribution in [0.1, 0.15) is 45.4 Å². The predicted molar refractivity (Wildman–Crippen MR) is 71.3 cm³/mol. The maximum Gasteiger partial charge on any atom is 0.0601 e. The fourth-order valence-electron chi connectivity index (χ4n) is 3.29. The van der Waals surface area contributed by atoms with Gasteiger partial charge in [0.25, 0.3) is 0 Å². The first-order valence-corrected chi connectivity index (χ1v) is 7.25. The van der Waals surface area contributed by atoms with E-state index in [0.717, 1.165) is 0 Å². The normalized spacial score (nSPS) is 32.1. The summed E-state index contributed by atoms with van der Waals surface area (Å²) in [4.78, 5) is 0. The largest absolute Gasteiger partial charge is 0.381 e. The van der Waals surface area contributed by atoms with Crippen LogP contribution in [0, 0.1) is 5.41 Å². The van der Waals surface area contributed by atoms with Gasteiger partial charge in [-0.15, -0.1) is 0 Å². The van der Waals surface area contributed by atoms with Gasteiger partial charge in [0.1, 0.15) is 0 Å². The lowest BCUT2D eigenvalue weighted by Crippen LogP contribution is -2.51. The van der Waals surface area contributed by atoms with Gasteiger partial charge in [-0.1, -0.05) is 13.3 Å². The van der Waals surface area contributed by atoms with E-state index in [1.807, 2.05) is 7.11 Å². The fourth-order valence-corrected chi connectivity index (χ4v) is 3.29. The highest BCUT2D eigenvalue weighted by Crippen LogP contribution is 2.34. The van der Waals surface area contributed by atoms with E-state index in [9.17, 15) is 0 Å². The van der Waals surface area contributed by atoms with Gasteiger partial charge in [-0.2, -0.15) is 0 Å². The molecule has 1 aliphatic heterocycles. The Kier molecular flexibility index (Phi) is 4.83. The van der Waals surface area contributed by atoms with E-state index in [4.69, 9.17) is 4.74 Å². The van der Waals surface area contributed by atoms with Crippen LogP contribution in [-0.2, 0) is 4.74 Å². The molecule has 2 N–H and O–H groups in total. The molecule has 3 nitrogen and oxygen atoms in total. The third kappa shape index (κ3) is 3.43. The minimum Gasteiger partial charge on any atom is -0.381 e. The van der Waals surface area contributed by atoms with Crippen molar-refractivity contribution in [3.8, 4) is 0 Å². The Hall–Kier alpha value is -0.120. The molecule has 0 amide bonds. The molecule has 1 aliphatic carbocycles. The molecule has 1 heterocycles. The molecule has 3 heteroatoms. The Labute approximate surface area is 106 Å². The van der Waals surface area contributed by atoms with E-state index < -0.39 is 0 Å². The van der Waals surface area contributed by atoms with E-state index in [1.165, 1.54) is 58.2 Å². The summed E-state index contributed by atoms with van der Waals surface area (Å²) in [6.45, 7) is 5.93. The Morgan fingerprint density at radius 3 is 2.59 bits per heavy atom. The maximum absolute atomic E-state index is 5.33. The van der Waals surface area contributed by atoms with Gasteiger partial charge in [0.2, 0.25) is 0 Å². The van der Waals surface area contributed by atoms with Crippen molar-refractivity contribution in [1.82, 2.24) is 10.6 Å². The van der Waals surface area contributed by atoms with E-state index in [-0.39, 0.29) is 0 Å². The van der Waals surface area contributed by atoms with Crippen LogP contribution in [0.4, 0.5) is 0 Å². The van der Waals surface area contributed by atoms with Gasteiger partial charge in [-0.05, 0) is 50.6 Å². The predicted octanol–water partition coefficient (Wildman–Crippen LogP) is 1.92. The average molecular weight is 240 g/mol. The molecule has 2 aliphatic rings. The first-order chi connectivity index (χ1) is 8.28. The van der Waals surface area contributed by atoms with Crippen molar-refractivity contribution in [3.63, 3.8) is 0 Å². The topological polar surface area (TPSA) is 33.3 Å². The zero-order valence-corrected chi connectivity index (χ0v) is 11.4. The molecule has 100 valence electrons. The lowest BCUT2D eigenvalue weighted by molar-refractivity contribution is 0.0122. The van der Waals surface area contributed by atoms with Gasteiger partial charge in [0, 0.05) is 19.7 Å². The number of hydrogen-bond donors (Lipinski definition) is 2. The van der Waals surface area contributed by atoms with Crippen LogP contribution >= 0.6 is 0 Å². The van der Waals surface area contributed by atoms with E-state index in [2.05, 4.69) is 17.6 Å². The summed E-state index contributed by atoms with van der Waals surface area (Å²) in [5.41, 5.74) is 0.568. The molecule has 1 saturated carbocycles. The molecule has 0 aromatic carbocycles. The van der Waals surface area contributed by atoms with E-state index in [1.54, 1.807) is 0 Å². The minimum atomic E-state index is 0.516. The van der Waals surface area contributed by atoms with Crippen molar-refractivity contribution >= 4 is 0 Å². The maximum atomic E-state index is 5.33. The summed E-state index contributed by atoms with van der Waals surface area (Å²) in [6.07, 6.45) is 8.30. The van der Waals surface area contributed by atoms with Crippen LogP contribution in [0.3, 0.4) is 0 Å². The lowest BCUT2D eigenvalue weighted by Gasteiger charge is -2.42. The summed E-state index contributed by atoms with van der Waals surface area (Å²) in [6, 6.07) is 0.712. The zero-order chi connectivity index (χ0) is 12.1. The molecule has 2 fully saturated rings. The Balaban J connectivity index is 1.74. The number of piperidine rings is 1. The number of hydrogen-bond acceptors (Lipinski definition) is 3. The second kappa shape index (κ2) is 6.17. The van der Waals surface area contributed by atoms with E-state index >= 15 is 0 Å². The summed E-state index contributed by atoms with van der Waals surface area (Å²) < 4.78 is 5.33. The van der Waals surface area contributed by atoms with E-state index in [0.29, 0.717) is 17.6 Å². The van der Waals surface area contributed by atoms with Crippen molar-refractivity contribution in [3.05, 3.63) is 0 Å². The van der Waals surface area contributed by atoms with Gasteiger partial charge in [0.15, 0.2) is 0 Å². The molecular weight excluding hydrogens is 212 g/mol. The van der Waals surface area contributed by atoms with Crippen LogP contribution in [0.25, 0.3) is 0 Å². The Morgan fingerprint density at radius 2 is 2.00 bits per heavy atom. The quantitative estimate of drug-likeness (QED) is 0.744. The van der Waals surface area contributed by atoms with Crippen molar-refractivity contribution in [2.45, 2.75) is 57.6 Å². The molecular formula is C14H28N2O. The number of nitrogens with one attached hydrogen (secondary N) is 2. The highest BCUT2D eigenvalue weighted by atomic mass is 16.5. The molecule has 0 radical (unpaired) electrons. The number of ether oxygens (including phenoxy) is 1. The fraction of sp³-hybridized carbons (Fsp3) is 1.00. The Bertz CT molecular complexity index is 215. The van der Waals surface area contributed by atoms with Gasteiger partial charge in [-0.25, -0.2) is 0 Å². The number of methoxy groups -OCH3 is 1. The highest BCUT2D eigenvalue weighted by molar-refractivity contribution is 4.91. The second-order valence-electron chi connectivity index (χ2n) is 5.91. The standard InChI is InChI=1S/C14H28N2O/c1-3-4-14(5-7-15-8-6-14)11-16-12-9-13(10-12)17-2/h12-13,15-16H,3-11H2,1-2H3. The summed E-state index contributed by atoms with van der Waals surface area (Å²) in [7, 11) is 1.83. The van der Waals surface area contributed by atoms with Crippen LogP contribution in [0.2, 0.25) is 0 Å². The first-order valence-electron chi connectivity index (χ1n) is 7.25. The third-order valence-electron chi connectivity index (χ3n) is 4.64. The average Bonchev–Trinajstić information content (AvgIpc) is 2.29. The molecule has 0 unspecified atom stereocenters. The molecule has 1 saturated heterocycles. The molecule has 2 rings (SSSR count). The molecule has 0 bridgehead atoms. The molecule has 17 heavy (non-hydrogen) atoms. The van der Waals surface area contributed by atoms with Crippen molar-refractivity contribution in [1.29, 1.82) is 0 Å². The van der Waals surface area contributed by atoms with Crippen LogP contribution in [-0.4, -0.2) is 38.9 Å². The highest BCUT2D eigenvalue weighted by Gasteiger charge is 2.34. The number of rotatable bonds is 6. The zero-order valence-electron chi connectivity index (χ0n) is 11.4. The lowest BCUT2D eigenvalue weighted by atomic mass is 9.74. The van der Waals surface area contributed by atoms with Crippen molar-refractivity contribution < 1.29 is 4.74 Å². The third-order valence-corrected chi connectivity index (χ3v) is 4.64. The summed E-state index contributed by atoms with van der Waals surface area (Å²) in [5, 5.41) is 7.25. The van der Waals surface area contributed by atoms with Crippen LogP contribution < -0.4 is 10.6 Å². The molecule has 0 aromatic rings. The summed E-state index contributed by atoms with van der Waals surface area (Å²) in [5.74, 6) is 0. The minimum absolute atomic E-state index is 0.516. The van der Waals surface area contributed by atoms with Crippen LogP contribution in [0.5, 0.6) is 0 Å². The van der Waals surface area contributed by atoms with Crippen molar-refractivity contribution in [2.24, 2.45) is 5.41 Å². The van der Waals surface area contributed by atoms with Crippen molar-refractivity contribution in [2.75, 3.05) is 26.7 Å². The molecule has 0 spiro atoms. The second-order valence-corrected chi connectivity index (χ2v) is 5.91. The van der Waals surface area contributed by atoms with Gasteiger partial charge < -0.3 is 15.4 Å². The summed E-state index contributed by atoms with van der Waals surface area (Å²) >= 11 is 0. The smallest absolute Gasteiger partial charge is 0.0601 e. The van der Waals surface area contributed by atoms with Gasteiger partial charge in [0.05, 0.1) is 6.10 Å². The van der Waals surface area contributed by atoms with Gasteiger partial charge in [-0.3, -0.25) is 0 Å². The Morgan fingerprint density at radius 1 is 1.29 bits per heavy atom. The van der Waals surface area contributed by atoms with Crippen LogP contribution in [0.15, 0.2) is 0 Å². The SMILES string of the molecule is CCCC1(CNC2CC(OC)C2)CCNCC1. The molecule has 0 aromatic heterocycles. The first kappa shape index (κ1) is 13.3.